The molecule has 3 heterocycles. The lowest BCUT2D eigenvalue weighted by molar-refractivity contribution is 0.138. The van der Waals surface area contributed by atoms with Crippen LogP contribution in [0.2, 0.25) is 5.02 Å². The maximum Gasteiger partial charge on any atom is 0.204 e. The van der Waals surface area contributed by atoms with Crippen LogP contribution in [0.1, 0.15) is 25.3 Å². The summed E-state index contributed by atoms with van der Waals surface area (Å²) in [6.45, 7) is 7.18. The van der Waals surface area contributed by atoms with E-state index in [0.29, 0.717) is 17.4 Å². The zero-order valence-corrected chi connectivity index (χ0v) is 17.7. The third-order valence-electron chi connectivity index (χ3n) is 5.33. The molecule has 0 spiro atoms. The molecule has 28 heavy (non-hydrogen) atoms. The summed E-state index contributed by atoms with van der Waals surface area (Å²) in [5.74, 6) is 1.52. The van der Waals surface area contributed by atoms with Crippen LogP contribution in [-0.4, -0.2) is 37.3 Å². The third kappa shape index (κ3) is 3.77. The molecular weight excluding hydrogens is 390 g/mol. The summed E-state index contributed by atoms with van der Waals surface area (Å²) in [6.07, 6.45) is 6.07. The summed E-state index contributed by atoms with van der Waals surface area (Å²) in [5.41, 5.74) is 2.93. The largest absolute Gasteiger partial charge is 0.284 e. The molecule has 146 valence electrons. The number of piperidine rings is 1. The van der Waals surface area contributed by atoms with Gasteiger partial charge in [0.15, 0.2) is 5.82 Å². The molecule has 0 amide bonds. The van der Waals surface area contributed by atoms with E-state index in [1.807, 2.05) is 46.5 Å². The zero-order chi connectivity index (χ0) is 19.7. The minimum Gasteiger partial charge on any atom is -0.284 e. The number of benzene rings is 1. The molecule has 0 unspecified atom stereocenters. The first-order valence-electron chi connectivity index (χ1n) is 9.62. The summed E-state index contributed by atoms with van der Waals surface area (Å²) in [4.78, 5) is 6.57. The Bertz CT molecular complexity index is 1030. The van der Waals surface area contributed by atoms with Gasteiger partial charge < -0.3 is 0 Å². The van der Waals surface area contributed by atoms with E-state index in [4.69, 9.17) is 28.9 Å². The molecule has 5 nitrogen and oxygen atoms in total. The number of pyridine rings is 1. The van der Waals surface area contributed by atoms with Gasteiger partial charge in [-0.05, 0) is 74.3 Å². The first-order chi connectivity index (χ1) is 13.5. The number of aromatic nitrogens is 4. The highest BCUT2D eigenvalue weighted by Gasteiger charge is 2.21. The van der Waals surface area contributed by atoms with Crippen molar-refractivity contribution in [2.24, 2.45) is 5.92 Å². The van der Waals surface area contributed by atoms with Crippen LogP contribution in [0, 0.1) is 17.6 Å². The van der Waals surface area contributed by atoms with Gasteiger partial charge in [0, 0.05) is 29.5 Å². The van der Waals surface area contributed by atoms with Crippen molar-refractivity contribution in [3.05, 3.63) is 58.1 Å². The molecule has 0 radical (unpaired) electrons. The summed E-state index contributed by atoms with van der Waals surface area (Å²) in [5, 5.41) is 5.63. The number of nitrogens with zero attached hydrogens (tertiary/aromatic N) is 5. The van der Waals surface area contributed by atoms with Gasteiger partial charge in [0.2, 0.25) is 4.77 Å². The van der Waals surface area contributed by atoms with Gasteiger partial charge in [-0.25, -0.2) is 4.68 Å². The van der Waals surface area contributed by atoms with Gasteiger partial charge in [-0.15, -0.1) is 5.10 Å². The first kappa shape index (κ1) is 19.3. The van der Waals surface area contributed by atoms with Gasteiger partial charge in [0.1, 0.15) is 0 Å². The number of likely N-dealkylation sites (tertiary alicyclic amines) is 1. The van der Waals surface area contributed by atoms with Crippen molar-refractivity contribution in [1.82, 2.24) is 24.2 Å². The minimum atomic E-state index is 0.676. The van der Waals surface area contributed by atoms with Crippen molar-refractivity contribution in [2.75, 3.05) is 13.1 Å². The predicted molar refractivity (Wildman–Crippen MR) is 115 cm³/mol. The summed E-state index contributed by atoms with van der Waals surface area (Å²) < 4.78 is 4.64. The fourth-order valence-corrected chi connectivity index (χ4v) is 4.30. The SMILES string of the molecule is Cc1c(Cl)cccc1-n1c(-c2ccncc2)nn(CN2CCC[C@@H](C)C2)c1=S. The van der Waals surface area contributed by atoms with E-state index < -0.39 is 0 Å². The highest BCUT2D eigenvalue weighted by molar-refractivity contribution is 7.71. The maximum atomic E-state index is 6.40. The van der Waals surface area contributed by atoms with E-state index in [2.05, 4.69) is 16.8 Å². The monoisotopic (exact) mass is 413 g/mol. The lowest BCUT2D eigenvalue weighted by Gasteiger charge is -2.30. The van der Waals surface area contributed by atoms with Gasteiger partial charge in [-0.3, -0.25) is 14.5 Å². The Kier molecular flexibility index (Phi) is 5.62. The molecule has 0 aliphatic carbocycles. The van der Waals surface area contributed by atoms with Gasteiger partial charge in [0.25, 0.3) is 0 Å². The van der Waals surface area contributed by atoms with Crippen molar-refractivity contribution < 1.29 is 0 Å². The van der Waals surface area contributed by atoms with Crippen LogP contribution < -0.4 is 0 Å². The molecule has 0 N–H and O–H groups in total. The molecular formula is C21H24ClN5S. The smallest absolute Gasteiger partial charge is 0.204 e. The van der Waals surface area contributed by atoms with Crippen LogP contribution in [0.3, 0.4) is 0 Å². The molecule has 1 aliphatic rings. The van der Waals surface area contributed by atoms with Crippen LogP contribution in [0.15, 0.2) is 42.7 Å². The molecule has 7 heteroatoms. The molecule has 1 atom stereocenters. The summed E-state index contributed by atoms with van der Waals surface area (Å²) in [6, 6.07) is 9.81. The van der Waals surface area contributed by atoms with E-state index in [1.165, 1.54) is 12.8 Å². The third-order valence-corrected chi connectivity index (χ3v) is 6.14. The van der Waals surface area contributed by atoms with Gasteiger partial charge in [-0.2, -0.15) is 0 Å². The Morgan fingerprint density at radius 3 is 2.75 bits per heavy atom. The van der Waals surface area contributed by atoms with E-state index in [0.717, 1.165) is 40.8 Å². The highest BCUT2D eigenvalue weighted by atomic mass is 35.5. The highest BCUT2D eigenvalue weighted by Crippen LogP contribution is 2.28. The Morgan fingerprint density at radius 1 is 1.21 bits per heavy atom. The lowest BCUT2D eigenvalue weighted by Crippen LogP contribution is -2.36. The van der Waals surface area contributed by atoms with Crippen LogP contribution >= 0.6 is 23.8 Å². The van der Waals surface area contributed by atoms with Crippen molar-refractivity contribution >= 4 is 23.8 Å². The van der Waals surface area contributed by atoms with Crippen molar-refractivity contribution in [2.45, 2.75) is 33.4 Å². The van der Waals surface area contributed by atoms with E-state index >= 15 is 0 Å². The minimum absolute atomic E-state index is 0.676. The van der Waals surface area contributed by atoms with Crippen LogP contribution in [-0.2, 0) is 6.67 Å². The molecule has 0 bridgehead atoms. The van der Waals surface area contributed by atoms with Gasteiger partial charge in [0.05, 0.1) is 12.4 Å². The number of hydrogen-bond donors (Lipinski definition) is 0. The van der Waals surface area contributed by atoms with Crippen molar-refractivity contribution in [1.29, 1.82) is 0 Å². The van der Waals surface area contributed by atoms with Crippen molar-refractivity contribution in [3.8, 4) is 17.1 Å². The van der Waals surface area contributed by atoms with E-state index in [1.54, 1.807) is 12.4 Å². The van der Waals surface area contributed by atoms with Crippen molar-refractivity contribution in [3.63, 3.8) is 0 Å². The standard InChI is InChI=1S/C21H24ClN5S/c1-15-5-4-12-25(13-15)14-26-21(28)27(19-7-3-6-18(22)16(19)2)20(24-26)17-8-10-23-11-9-17/h3,6-11,15H,4-5,12-14H2,1-2H3/t15-/m1/s1. The number of halogens is 1. The second kappa shape index (κ2) is 8.15. The molecule has 1 saturated heterocycles. The Labute approximate surface area is 175 Å². The Hall–Kier alpha value is -2.02. The average molecular weight is 414 g/mol. The topological polar surface area (TPSA) is 38.9 Å². The zero-order valence-electron chi connectivity index (χ0n) is 16.2. The number of hydrogen-bond acceptors (Lipinski definition) is 4. The predicted octanol–water partition coefficient (Wildman–Crippen LogP) is 5.12. The average Bonchev–Trinajstić information content (AvgIpc) is 3.01. The molecule has 2 aromatic heterocycles. The molecule has 1 aliphatic heterocycles. The summed E-state index contributed by atoms with van der Waals surface area (Å²) >= 11 is 12.3. The summed E-state index contributed by atoms with van der Waals surface area (Å²) in [7, 11) is 0. The molecule has 4 rings (SSSR count). The first-order valence-corrected chi connectivity index (χ1v) is 10.4. The Morgan fingerprint density at radius 2 is 2.00 bits per heavy atom. The van der Waals surface area contributed by atoms with Crippen LogP contribution in [0.4, 0.5) is 0 Å². The maximum absolute atomic E-state index is 6.40. The number of rotatable bonds is 4. The quantitative estimate of drug-likeness (QED) is 0.556. The second-order valence-electron chi connectivity index (χ2n) is 7.53. The van der Waals surface area contributed by atoms with E-state index in [9.17, 15) is 0 Å². The van der Waals surface area contributed by atoms with E-state index in [-0.39, 0.29) is 0 Å². The molecule has 1 fully saturated rings. The van der Waals surface area contributed by atoms with Crippen LogP contribution in [0.5, 0.6) is 0 Å². The fraction of sp³-hybridized carbons (Fsp3) is 0.381. The molecule has 0 saturated carbocycles. The van der Waals surface area contributed by atoms with Gasteiger partial charge in [-0.1, -0.05) is 24.6 Å². The molecule has 1 aromatic carbocycles. The second-order valence-corrected chi connectivity index (χ2v) is 8.30. The molecule has 3 aromatic rings. The fourth-order valence-electron chi connectivity index (χ4n) is 3.85. The van der Waals surface area contributed by atoms with Gasteiger partial charge >= 0.3 is 0 Å². The lowest BCUT2D eigenvalue weighted by atomic mass is 10.0. The normalized spacial score (nSPS) is 17.8. The Balaban J connectivity index is 1.83. The van der Waals surface area contributed by atoms with Crippen LogP contribution in [0.25, 0.3) is 17.1 Å².